The number of rotatable bonds is 9. The molecule has 1 heterocycles. The number of carbonyl (C=O) groups excluding carboxylic acids is 1. The number of benzene rings is 3. The molecule has 0 aliphatic rings. The van der Waals surface area contributed by atoms with E-state index in [4.69, 9.17) is 16.3 Å². The van der Waals surface area contributed by atoms with Gasteiger partial charge >= 0.3 is 0 Å². The van der Waals surface area contributed by atoms with Crippen LogP contribution in [0.5, 0.6) is 5.75 Å². The van der Waals surface area contributed by atoms with Gasteiger partial charge in [0.2, 0.25) is 0 Å². The second-order valence-electron chi connectivity index (χ2n) is 7.46. The fraction of sp³-hybridized carbons (Fsp3) is 0.154. The van der Waals surface area contributed by atoms with Gasteiger partial charge in [-0.05, 0) is 67.9 Å². The van der Waals surface area contributed by atoms with Crippen molar-refractivity contribution in [1.29, 1.82) is 0 Å². The van der Waals surface area contributed by atoms with Crippen LogP contribution in [0, 0.1) is 0 Å². The predicted molar refractivity (Wildman–Crippen MR) is 140 cm³/mol. The highest BCUT2D eigenvalue weighted by Crippen LogP contribution is 2.29. The Kier molecular flexibility index (Phi) is 8.18. The number of hydrogen-bond donors (Lipinski definition) is 1. The molecule has 35 heavy (non-hydrogen) atoms. The monoisotopic (exact) mass is 505 g/mol. The van der Waals surface area contributed by atoms with E-state index in [1.807, 2.05) is 85.1 Å². The molecule has 0 aliphatic carbocycles. The molecule has 3 aromatic carbocycles. The highest BCUT2D eigenvalue weighted by atomic mass is 35.5. The van der Waals surface area contributed by atoms with Crippen molar-refractivity contribution in [3.8, 4) is 22.8 Å². The summed E-state index contributed by atoms with van der Waals surface area (Å²) in [6, 6.07) is 24.7. The SMILES string of the molecule is CCOc1ccc(-n2c(SCC(=O)NN=C(C)c3ccccc3)nnc2-c2ccc(Cl)cc2)cc1. The third-order valence-corrected chi connectivity index (χ3v) is 6.19. The Hall–Kier alpha value is -3.62. The van der Waals surface area contributed by atoms with Crippen LogP contribution in [-0.4, -0.2) is 38.7 Å². The van der Waals surface area contributed by atoms with Gasteiger partial charge in [-0.15, -0.1) is 10.2 Å². The fourth-order valence-electron chi connectivity index (χ4n) is 3.29. The largest absolute Gasteiger partial charge is 0.494 e. The molecule has 7 nitrogen and oxygen atoms in total. The number of aromatic nitrogens is 3. The molecule has 1 aromatic heterocycles. The molecule has 1 amide bonds. The van der Waals surface area contributed by atoms with Crippen molar-refractivity contribution in [2.75, 3.05) is 12.4 Å². The van der Waals surface area contributed by atoms with Crippen LogP contribution in [0.2, 0.25) is 5.02 Å². The standard InChI is InChI=1S/C26H24ClN5O2S/c1-3-34-23-15-13-22(14-16-23)32-25(20-9-11-21(27)12-10-20)30-31-26(32)35-17-24(33)29-28-18(2)19-7-5-4-6-8-19/h4-16H,3,17H2,1-2H3,(H,29,33). The third-order valence-electron chi connectivity index (χ3n) is 5.01. The summed E-state index contributed by atoms with van der Waals surface area (Å²) in [5.74, 6) is 1.31. The predicted octanol–water partition coefficient (Wildman–Crippen LogP) is 5.62. The van der Waals surface area contributed by atoms with Gasteiger partial charge < -0.3 is 4.74 Å². The van der Waals surface area contributed by atoms with Crippen molar-refractivity contribution in [2.45, 2.75) is 19.0 Å². The van der Waals surface area contributed by atoms with Gasteiger partial charge in [-0.1, -0.05) is 53.7 Å². The normalized spacial score (nSPS) is 11.3. The highest BCUT2D eigenvalue weighted by molar-refractivity contribution is 7.99. The fourth-order valence-corrected chi connectivity index (χ4v) is 4.16. The van der Waals surface area contributed by atoms with Gasteiger partial charge in [-0.2, -0.15) is 5.10 Å². The second kappa shape index (κ2) is 11.7. The molecule has 0 unspecified atom stereocenters. The number of amides is 1. The first-order chi connectivity index (χ1) is 17.0. The zero-order valence-electron chi connectivity index (χ0n) is 19.3. The maximum Gasteiger partial charge on any atom is 0.250 e. The van der Waals surface area contributed by atoms with Crippen molar-refractivity contribution in [1.82, 2.24) is 20.2 Å². The van der Waals surface area contributed by atoms with E-state index >= 15 is 0 Å². The molecule has 178 valence electrons. The Labute approximate surface area is 213 Å². The minimum absolute atomic E-state index is 0.126. The van der Waals surface area contributed by atoms with Crippen LogP contribution >= 0.6 is 23.4 Å². The Balaban J connectivity index is 1.55. The first-order valence-corrected chi connectivity index (χ1v) is 12.4. The van der Waals surface area contributed by atoms with Gasteiger partial charge in [-0.25, -0.2) is 5.43 Å². The zero-order valence-corrected chi connectivity index (χ0v) is 20.9. The molecule has 0 saturated carbocycles. The van der Waals surface area contributed by atoms with Crippen LogP contribution in [-0.2, 0) is 4.79 Å². The van der Waals surface area contributed by atoms with E-state index in [1.165, 1.54) is 11.8 Å². The highest BCUT2D eigenvalue weighted by Gasteiger charge is 2.17. The lowest BCUT2D eigenvalue weighted by molar-refractivity contribution is -0.118. The summed E-state index contributed by atoms with van der Waals surface area (Å²) in [5, 5.41) is 14.2. The summed E-state index contributed by atoms with van der Waals surface area (Å²) in [6.07, 6.45) is 0. The van der Waals surface area contributed by atoms with Gasteiger partial charge in [0.05, 0.1) is 18.1 Å². The number of halogens is 1. The van der Waals surface area contributed by atoms with Crippen molar-refractivity contribution in [2.24, 2.45) is 5.10 Å². The number of hydrogen-bond acceptors (Lipinski definition) is 6. The van der Waals surface area contributed by atoms with Crippen LogP contribution in [0.25, 0.3) is 17.1 Å². The van der Waals surface area contributed by atoms with Crippen LogP contribution in [0.4, 0.5) is 0 Å². The number of carbonyl (C=O) groups is 1. The van der Waals surface area contributed by atoms with E-state index in [0.717, 1.165) is 28.3 Å². The molecule has 0 fully saturated rings. The lowest BCUT2D eigenvalue weighted by atomic mass is 10.1. The van der Waals surface area contributed by atoms with E-state index in [-0.39, 0.29) is 11.7 Å². The van der Waals surface area contributed by atoms with Crippen molar-refractivity contribution < 1.29 is 9.53 Å². The van der Waals surface area contributed by atoms with Gasteiger partial charge in [0.1, 0.15) is 5.75 Å². The molecule has 0 atom stereocenters. The van der Waals surface area contributed by atoms with Crippen LogP contribution in [0.15, 0.2) is 89.1 Å². The van der Waals surface area contributed by atoms with Gasteiger partial charge in [0.15, 0.2) is 11.0 Å². The summed E-state index contributed by atoms with van der Waals surface area (Å²) in [7, 11) is 0. The van der Waals surface area contributed by atoms with E-state index in [9.17, 15) is 4.79 Å². The van der Waals surface area contributed by atoms with E-state index < -0.39 is 0 Å². The van der Waals surface area contributed by atoms with E-state index in [2.05, 4.69) is 20.7 Å². The summed E-state index contributed by atoms with van der Waals surface area (Å²) in [6.45, 7) is 4.38. The molecule has 9 heteroatoms. The zero-order chi connectivity index (χ0) is 24.6. The molecule has 0 radical (unpaired) electrons. The number of hydrazone groups is 1. The van der Waals surface area contributed by atoms with Crippen molar-refractivity contribution >= 4 is 35.0 Å². The second-order valence-corrected chi connectivity index (χ2v) is 8.84. The molecule has 0 bridgehead atoms. The molecular weight excluding hydrogens is 482 g/mol. The molecule has 0 spiro atoms. The van der Waals surface area contributed by atoms with Crippen molar-refractivity contribution in [3.05, 3.63) is 89.4 Å². The first kappa shape index (κ1) is 24.5. The summed E-state index contributed by atoms with van der Waals surface area (Å²) in [5.41, 5.74) is 6.00. The molecular formula is C26H24ClN5O2S. The first-order valence-electron chi connectivity index (χ1n) is 11.0. The quantitative estimate of drug-likeness (QED) is 0.181. The molecule has 4 rings (SSSR count). The van der Waals surface area contributed by atoms with Gasteiger partial charge in [0.25, 0.3) is 5.91 Å². The third kappa shape index (κ3) is 6.29. The Bertz CT molecular complexity index is 1310. The van der Waals surface area contributed by atoms with Crippen LogP contribution in [0.1, 0.15) is 19.4 Å². The number of nitrogens with zero attached hydrogens (tertiary/aromatic N) is 4. The molecule has 0 saturated heterocycles. The van der Waals surface area contributed by atoms with Crippen molar-refractivity contribution in [3.63, 3.8) is 0 Å². The average molecular weight is 506 g/mol. The Morgan fingerprint density at radius 3 is 2.43 bits per heavy atom. The van der Waals surface area contributed by atoms with Gasteiger partial charge in [0, 0.05) is 16.3 Å². The summed E-state index contributed by atoms with van der Waals surface area (Å²) < 4.78 is 7.48. The summed E-state index contributed by atoms with van der Waals surface area (Å²) in [4.78, 5) is 12.5. The molecule has 4 aromatic rings. The van der Waals surface area contributed by atoms with Crippen LogP contribution < -0.4 is 10.2 Å². The summed E-state index contributed by atoms with van der Waals surface area (Å²) >= 11 is 7.35. The molecule has 1 N–H and O–H groups in total. The average Bonchev–Trinajstić information content (AvgIpc) is 3.31. The molecule has 0 aliphatic heterocycles. The Morgan fingerprint density at radius 2 is 1.74 bits per heavy atom. The topological polar surface area (TPSA) is 81.4 Å². The van der Waals surface area contributed by atoms with E-state index in [1.54, 1.807) is 12.1 Å². The Morgan fingerprint density at radius 1 is 1.03 bits per heavy atom. The lowest BCUT2D eigenvalue weighted by Gasteiger charge is -2.11. The minimum atomic E-state index is -0.237. The number of nitrogens with one attached hydrogen (secondary N) is 1. The minimum Gasteiger partial charge on any atom is -0.494 e. The number of ether oxygens (including phenoxy) is 1. The van der Waals surface area contributed by atoms with Crippen LogP contribution in [0.3, 0.4) is 0 Å². The smallest absolute Gasteiger partial charge is 0.250 e. The van der Waals surface area contributed by atoms with Gasteiger partial charge in [-0.3, -0.25) is 9.36 Å². The maximum atomic E-state index is 12.5. The number of thioether (sulfide) groups is 1. The van der Waals surface area contributed by atoms with E-state index in [0.29, 0.717) is 22.6 Å². The lowest BCUT2D eigenvalue weighted by Crippen LogP contribution is -2.21. The maximum absolute atomic E-state index is 12.5.